The Balaban J connectivity index is 1.83. The van der Waals surface area contributed by atoms with Gasteiger partial charge in [-0.25, -0.2) is 4.39 Å². The second-order valence-electron chi connectivity index (χ2n) is 5.42. The van der Waals surface area contributed by atoms with Crippen LogP contribution in [0.1, 0.15) is 43.7 Å². The smallest absolute Gasteiger partial charge is 0.126 e. The molecule has 2 heteroatoms. The first-order chi connectivity index (χ1) is 8.15. The molecule has 0 saturated heterocycles. The van der Waals surface area contributed by atoms with Crippen LogP contribution in [0.25, 0.3) is 0 Å². The van der Waals surface area contributed by atoms with Gasteiger partial charge in [-0.2, -0.15) is 0 Å². The summed E-state index contributed by atoms with van der Waals surface area (Å²) in [7, 11) is 0. The topological polar surface area (TPSA) is 12.0 Å². The van der Waals surface area contributed by atoms with Crippen LogP contribution in [0.2, 0.25) is 0 Å². The third-order valence-corrected chi connectivity index (χ3v) is 3.85. The Labute approximate surface area is 103 Å². The van der Waals surface area contributed by atoms with E-state index in [9.17, 15) is 4.39 Å². The van der Waals surface area contributed by atoms with Crippen molar-refractivity contribution in [2.75, 3.05) is 0 Å². The molecule has 0 aliphatic heterocycles. The van der Waals surface area contributed by atoms with Crippen molar-refractivity contribution < 1.29 is 4.39 Å². The van der Waals surface area contributed by atoms with Crippen molar-refractivity contribution in [1.82, 2.24) is 5.32 Å². The lowest BCUT2D eigenvalue weighted by Crippen LogP contribution is -2.32. The molecule has 0 amide bonds. The fourth-order valence-corrected chi connectivity index (χ4v) is 2.47. The molecule has 0 radical (unpaired) electrons. The average molecular weight is 235 g/mol. The van der Waals surface area contributed by atoms with Gasteiger partial charge >= 0.3 is 0 Å². The molecule has 0 spiro atoms. The molecule has 0 aromatic heterocycles. The summed E-state index contributed by atoms with van der Waals surface area (Å²) in [5.74, 6) is 0.784. The van der Waals surface area contributed by atoms with Crippen LogP contribution in [0.15, 0.2) is 18.2 Å². The fraction of sp³-hybridized carbons (Fsp3) is 0.600. The van der Waals surface area contributed by atoms with Crippen LogP contribution in [0.3, 0.4) is 0 Å². The van der Waals surface area contributed by atoms with Crippen molar-refractivity contribution in [3.05, 3.63) is 35.1 Å². The molecule has 1 aliphatic carbocycles. The van der Waals surface area contributed by atoms with Crippen LogP contribution in [0.5, 0.6) is 0 Å². The Morgan fingerprint density at radius 1 is 1.24 bits per heavy atom. The first-order valence-corrected chi connectivity index (χ1v) is 6.63. The Hall–Kier alpha value is -0.890. The highest BCUT2D eigenvalue weighted by atomic mass is 19.1. The lowest BCUT2D eigenvalue weighted by molar-refractivity contribution is 0.306. The molecule has 1 N–H and O–H groups in total. The van der Waals surface area contributed by atoms with Crippen LogP contribution in [0, 0.1) is 18.7 Å². The number of aryl methyl sites for hydroxylation is 1. The molecule has 94 valence electrons. The minimum absolute atomic E-state index is 0.0958. The zero-order chi connectivity index (χ0) is 12.3. The second-order valence-corrected chi connectivity index (χ2v) is 5.42. The van der Waals surface area contributed by atoms with Crippen LogP contribution in [-0.4, -0.2) is 6.04 Å². The minimum Gasteiger partial charge on any atom is -0.310 e. The Bertz CT molecular complexity index is 367. The molecular weight excluding hydrogens is 213 g/mol. The van der Waals surface area contributed by atoms with Crippen molar-refractivity contribution in [1.29, 1.82) is 0 Å². The van der Waals surface area contributed by atoms with Crippen LogP contribution >= 0.6 is 0 Å². The van der Waals surface area contributed by atoms with Crippen molar-refractivity contribution in [2.45, 2.75) is 52.1 Å². The average Bonchev–Trinajstić information content (AvgIpc) is 2.33. The van der Waals surface area contributed by atoms with Crippen molar-refractivity contribution in [3.63, 3.8) is 0 Å². The maximum Gasteiger partial charge on any atom is 0.126 e. The van der Waals surface area contributed by atoms with E-state index in [1.165, 1.54) is 25.7 Å². The molecule has 2 rings (SSSR count). The van der Waals surface area contributed by atoms with Gasteiger partial charge in [0.1, 0.15) is 5.82 Å². The highest BCUT2D eigenvalue weighted by Crippen LogP contribution is 2.23. The fourth-order valence-electron chi connectivity index (χ4n) is 2.47. The lowest BCUT2D eigenvalue weighted by Gasteiger charge is -2.27. The molecule has 0 bridgehead atoms. The van der Waals surface area contributed by atoms with E-state index in [0.717, 1.165) is 23.6 Å². The summed E-state index contributed by atoms with van der Waals surface area (Å²) in [6.45, 7) is 4.91. The molecule has 1 saturated carbocycles. The molecule has 1 aliphatic rings. The third-order valence-electron chi connectivity index (χ3n) is 3.85. The summed E-state index contributed by atoms with van der Waals surface area (Å²) in [5.41, 5.74) is 1.77. The lowest BCUT2D eigenvalue weighted by atomic mass is 9.87. The Morgan fingerprint density at radius 3 is 2.59 bits per heavy atom. The van der Waals surface area contributed by atoms with Gasteiger partial charge < -0.3 is 5.32 Å². The predicted octanol–water partition coefficient (Wildman–Crippen LogP) is 3.80. The number of hydrogen-bond acceptors (Lipinski definition) is 1. The van der Waals surface area contributed by atoms with E-state index in [1.807, 2.05) is 12.1 Å². The van der Waals surface area contributed by atoms with Gasteiger partial charge in [0.2, 0.25) is 0 Å². The number of nitrogens with one attached hydrogen (secondary N) is 1. The van der Waals surface area contributed by atoms with Crippen LogP contribution in [0.4, 0.5) is 4.39 Å². The molecule has 1 aromatic carbocycles. The maximum atomic E-state index is 13.4. The first-order valence-electron chi connectivity index (χ1n) is 6.63. The van der Waals surface area contributed by atoms with Gasteiger partial charge in [-0.05, 0) is 55.7 Å². The molecule has 1 nitrogen and oxygen atoms in total. The van der Waals surface area contributed by atoms with Gasteiger partial charge in [-0.1, -0.05) is 19.1 Å². The third kappa shape index (κ3) is 3.53. The van der Waals surface area contributed by atoms with Gasteiger partial charge in [0, 0.05) is 12.6 Å². The van der Waals surface area contributed by atoms with Gasteiger partial charge in [-0.15, -0.1) is 0 Å². The largest absolute Gasteiger partial charge is 0.310 e. The van der Waals surface area contributed by atoms with E-state index in [0.29, 0.717) is 6.04 Å². The molecule has 0 heterocycles. The van der Waals surface area contributed by atoms with E-state index < -0.39 is 0 Å². The molecule has 1 fully saturated rings. The Morgan fingerprint density at radius 2 is 1.94 bits per heavy atom. The van der Waals surface area contributed by atoms with E-state index >= 15 is 0 Å². The van der Waals surface area contributed by atoms with Crippen LogP contribution < -0.4 is 5.32 Å². The van der Waals surface area contributed by atoms with E-state index in [1.54, 1.807) is 13.0 Å². The van der Waals surface area contributed by atoms with Gasteiger partial charge in [-0.3, -0.25) is 0 Å². The zero-order valence-corrected chi connectivity index (χ0v) is 10.8. The molecular formula is C15H22FN. The zero-order valence-electron chi connectivity index (χ0n) is 10.8. The van der Waals surface area contributed by atoms with Crippen molar-refractivity contribution in [2.24, 2.45) is 5.92 Å². The maximum absolute atomic E-state index is 13.4. The van der Waals surface area contributed by atoms with Crippen LogP contribution in [-0.2, 0) is 6.54 Å². The van der Waals surface area contributed by atoms with Crippen molar-refractivity contribution in [3.8, 4) is 0 Å². The molecule has 1 aromatic rings. The highest BCUT2D eigenvalue weighted by Gasteiger charge is 2.17. The normalized spacial score (nSPS) is 24.9. The summed E-state index contributed by atoms with van der Waals surface area (Å²) in [6, 6.07) is 6.13. The van der Waals surface area contributed by atoms with E-state index in [4.69, 9.17) is 0 Å². The quantitative estimate of drug-likeness (QED) is 0.840. The van der Waals surface area contributed by atoms with E-state index in [-0.39, 0.29) is 5.82 Å². The predicted molar refractivity (Wildman–Crippen MR) is 69.4 cm³/mol. The minimum atomic E-state index is -0.0958. The first kappa shape index (κ1) is 12.6. The van der Waals surface area contributed by atoms with Crippen molar-refractivity contribution >= 4 is 0 Å². The summed E-state index contributed by atoms with van der Waals surface area (Å²) < 4.78 is 13.4. The summed E-state index contributed by atoms with van der Waals surface area (Å²) in [6.07, 6.45) is 5.16. The SMILES string of the molecule is Cc1ccc(CNC2CCC(C)CC2)cc1F. The monoisotopic (exact) mass is 235 g/mol. The Kier molecular flexibility index (Phi) is 4.16. The molecule has 0 atom stereocenters. The second kappa shape index (κ2) is 5.63. The molecule has 17 heavy (non-hydrogen) atoms. The van der Waals surface area contributed by atoms with Gasteiger partial charge in [0.15, 0.2) is 0 Å². The summed E-state index contributed by atoms with van der Waals surface area (Å²) in [4.78, 5) is 0. The summed E-state index contributed by atoms with van der Waals surface area (Å²) >= 11 is 0. The standard InChI is InChI=1S/C15H22FN/c1-11-3-7-14(8-4-11)17-10-13-6-5-12(2)15(16)9-13/h5-6,9,11,14,17H,3-4,7-8,10H2,1-2H3. The number of halogens is 1. The summed E-state index contributed by atoms with van der Waals surface area (Å²) in [5, 5.41) is 3.54. The highest BCUT2D eigenvalue weighted by molar-refractivity contribution is 5.23. The number of benzene rings is 1. The molecule has 0 unspecified atom stereocenters. The van der Waals surface area contributed by atoms with Gasteiger partial charge in [0.25, 0.3) is 0 Å². The van der Waals surface area contributed by atoms with Gasteiger partial charge in [0.05, 0.1) is 0 Å². The van der Waals surface area contributed by atoms with E-state index in [2.05, 4.69) is 12.2 Å². The number of rotatable bonds is 3. The number of hydrogen-bond donors (Lipinski definition) is 1.